The standard InChI is InChI=1S/C16H21N3O2S/c17-11-5-7-12(8-6-11)18-15(20)9-19-13-3-1-2-4-14(13)22-10-16(19)21/h1-4,11-12H,5-10,17H2,(H,18,20). The SMILES string of the molecule is NC1CCC(NC(=O)CN2C(=O)CSc3ccccc32)CC1. The summed E-state index contributed by atoms with van der Waals surface area (Å²) in [6.45, 7) is 0.0962. The van der Waals surface area contributed by atoms with Crippen LogP contribution in [0.4, 0.5) is 5.69 Å². The fourth-order valence-corrected chi connectivity index (χ4v) is 3.94. The number of fused-ring (bicyclic) bond motifs is 1. The maximum atomic E-state index is 12.3. The van der Waals surface area contributed by atoms with Crippen LogP contribution in [0.15, 0.2) is 29.2 Å². The Labute approximate surface area is 134 Å². The summed E-state index contributed by atoms with van der Waals surface area (Å²) in [6, 6.07) is 8.18. The Morgan fingerprint density at radius 2 is 2.00 bits per heavy atom. The number of carbonyl (C=O) groups is 2. The van der Waals surface area contributed by atoms with Crippen molar-refractivity contribution < 1.29 is 9.59 Å². The summed E-state index contributed by atoms with van der Waals surface area (Å²) >= 11 is 1.53. The minimum absolute atomic E-state index is 0.00971. The van der Waals surface area contributed by atoms with E-state index in [2.05, 4.69) is 5.32 Å². The maximum Gasteiger partial charge on any atom is 0.240 e. The average molecular weight is 319 g/mol. The molecule has 0 unspecified atom stereocenters. The Kier molecular flexibility index (Phi) is 4.69. The zero-order valence-corrected chi connectivity index (χ0v) is 13.3. The van der Waals surface area contributed by atoms with Gasteiger partial charge >= 0.3 is 0 Å². The van der Waals surface area contributed by atoms with Gasteiger partial charge in [0, 0.05) is 17.0 Å². The molecule has 118 valence electrons. The Hall–Kier alpha value is -1.53. The van der Waals surface area contributed by atoms with E-state index in [1.807, 2.05) is 24.3 Å². The second-order valence-corrected chi connectivity index (χ2v) is 6.93. The predicted octanol–water partition coefficient (Wildman–Crippen LogP) is 1.51. The van der Waals surface area contributed by atoms with Gasteiger partial charge in [-0.25, -0.2) is 0 Å². The van der Waals surface area contributed by atoms with Gasteiger partial charge in [0.1, 0.15) is 6.54 Å². The van der Waals surface area contributed by atoms with Crippen LogP contribution >= 0.6 is 11.8 Å². The molecular weight excluding hydrogens is 298 g/mol. The number of nitrogens with two attached hydrogens (primary N) is 1. The Balaban J connectivity index is 1.62. The van der Waals surface area contributed by atoms with E-state index in [0.29, 0.717) is 5.75 Å². The predicted molar refractivity (Wildman–Crippen MR) is 87.9 cm³/mol. The van der Waals surface area contributed by atoms with Crippen molar-refractivity contribution >= 4 is 29.3 Å². The van der Waals surface area contributed by atoms with Crippen molar-refractivity contribution in [2.24, 2.45) is 5.73 Å². The highest BCUT2D eigenvalue weighted by Gasteiger charge is 2.27. The van der Waals surface area contributed by atoms with Crippen LogP contribution in [0.1, 0.15) is 25.7 Å². The van der Waals surface area contributed by atoms with Crippen LogP contribution < -0.4 is 16.0 Å². The second kappa shape index (κ2) is 6.71. The number of thioether (sulfide) groups is 1. The molecule has 1 fully saturated rings. The molecule has 0 aromatic heterocycles. The van der Waals surface area contributed by atoms with Gasteiger partial charge < -0.3 is 16.0 Å². The molecule has 3 N–H and O–H groups in total. The number of hydrogen-bond acceptors (Lipinski definition) is 4. The summed E-state index contributed by atoms with van der Waals surface area (Å²) in [5.74, 6) is 0.294. The molecule has 6 heteroatoms. The third kappa shape index (κ3) is 3.44. The number of amides is 2. The molecule has 0 radical (unpaired) electrons. The smallest absolute Gasteiger partial charge is 0.240 e. The molecule has 1 aromatic carbocycles. The third-order valence-corrected chi connectivity index (χ3v) is 5.29. The first-order valence-electron chi connectivity index (χ1n) is 7.70. The molecule has 22 heavy (non-hydrogen) atoms. The van der Waals surface area contributed by atoms with Gasteiger partial charge in [0.05, 0.1) is 11.4 Å². The first-order valence-corrected chi connectivity index (χ1v) is 8.69. The molecule has 5 nitrogen and oxygen atoms in total. The lowest BCUT2D eigenvalue weighted by molar-refractivity contribution is -0.123. The Morgan fingerprint density at radius 1 is 1.27 bits per heavy atom. The van der Waals surface area contributed by atoms with Crippen molar-refractivity contribution in [3.63, 3.8) is 0 Å². The van der Waals surface area contributed by atoms with Gasteiger partial charge in [0.25, 0.3) is 0 Å². The zero-order chi connectivity index (χ0) is 15.5. The number of rotatable bonds is 3. The quantitative estimate of drug-likeness (QED) is 0.885. The van der Waals surface area contributed by atoms with Crippen LogP contribution in [0.5, 0.6) is 0 Å². The highest BCUT2D eigenvalue weighted by Crippen LogP contribution is 2.34. The number of hydrogen-bond donors (Lipinski definition) is 2. The fourth-order valence-electron chi connectivity index (χ4n) is 3.01. The van der Waals surface area contributed by atoms with E-state index in [1.165, 1.54) is 11.8 Å². The number of nitrogens with zero attached hydrogens (tertiary/aromatic N) is 1. The molecule has 1 aromatic rings. The molecule has 0 bridgehead atoms. The number of carbonyl (C=O) groups excluding carboxylic acids is 2. The molecule has 1 aliphatic carbocycles. The van der Waals surface area contributed by atoms with Gasteiger partial charge in [-0.05, 0) is 37.8 Å². The molecule has 2 aliphatic rings. The minimum atomic E-state index is -0.0875. The van der Waals surface area contributed by atoms with E-state index in [4.69, 9.17) is 5.73 Å². The molecule has 0 atom stereocenters. The number of para-hydroxylation sites is 1. The summed E-state index contributed by atoms with van der Waals surface area (Å²) in [6.07, 6.45) is 3.75. The van der Waals surface area contributed by atoms with Gasteiger partial charge in [-0.15, -0.1) is 11.8 Å². The van der Waals surface area contributed by atoms with E-state index < -0.39 is 0 Å². The summed E-state index contributed by atoms with van der Waals surface area (Å²) in [5, 5.41) is 3.04. The molecule has 0 spiro atoms. The molecule has 2 amide bonds. The van der Waals surface area contributed by atoms with Gasteiger partial charge in [0.15, 0.2) is 0 Å². The van der Waals surface area contributed by atoms with Crippen molar-refractivity contribution in [3.05, 3.63) is 24.3 Å². The lowest BCUT2D eigenvalue weighted by Crippen LogP contribution is -2.47. The Bertz CT molecular complexity index is 570. The largest absolute Gasteiger partial charge is 0.352 e. The number of benzene rings is 1. The monoisotopic (exact) mass is 319 g/mol. The fraction of sp³-hybridized carbons (Fsp3) is 0.500. The minimum Gasteiger partial charge on any atom is -0.352 e. The average Bonchev–Trinajstić information content (AvgIpc) is 2.52. The maximum absolute atomic E-state index is 12.3. The van der Waals surface area contributed by atoms with E-state index >= 15 is 0 Å². The van der Waals surface area contributed by atoms with Gasteiger partial charge in [-0.3, -0.25) is 9.59 Å². The van der Waals surface area contributed by atoms with Crippen LogP contribution in [-0.4, -0.2) is 36.2 Å². The molecule has 0 saturated heterocycles. The highest BCUT2D eigenvalue weighted by molar-refractivity contribution is 8.00. The number of anilines is 1. The van der Waals surface area contributed by atoms with Crippen LogP contribution in [0.3, 0.4) is 0 Å². The van der Waals surface area contributed by atoms with Crippen molar-refractivity contribution in [1.82, 2.24) is 5.32 Å². The zero-order valence-electron chi connectivity index (χ0n) is 12.5. The second-order valence-electron chi connectivity index (χ2n) is 5.92. The number of nitrogens with one attached hydrogen (secondary N) is 1. The van der Waals surface area contributed by atoms with Crippen LogP contribution in [0.2, 0.25) is 0 Å². The van der Waals surface area contributed by atoms with Crippen molar-refractivity contribution in [2.75, 3.05) is 17.2 Å². The normalized spacial score (nSPS) is 24.8. The van der Waals surface area contributed by atoms with Crippen molar-refractivity contribution in [1.29, 1.82) is 0 Å². The molecule has 1 heterocycles. The van der Waals surface area contributed by atoms with Gasteiger partial charge in [-0.2, -0.15) is 0 Å². The lowest BCUT2D eigenvalue weighted by atomic mass is 9.92. The van der Waals surface area contributed by atoms with Crippen LogP contribution in [0.25, 0.3) is 0 Å². The first kappa shape index (κ1) is 15.4. The van der Waals surface area contributed by atoms with E-state index in [-0.39, 0.29) is 30.4 Å². The van der Waals surface area contributed by atoms with Crippen LogP contribution in [-0.2, 0) is 9.59 Å². The van der Waals surface area contributed by atoms with Crippen LogP contribution in [0, 0.1) is 0 Å². The van der Waals surface area contributed by atoms with E-state index in [0.717, 1.165) is 36.3 Å². The summed E-state index contributed by atoms with van der Waals surface area (Å²) in [7, 11) is 0. The summed E-state index contributed by atoms with van der Waals surface area (Å²) < 4.78 is 0. The van der Waals surface area contributed by atoms with Gasteiger partial charge in [0.2, 0.25) is 11.8 Å². The first-order chi connectivity index (χ1) is 10.6. The Morgan fingerprint density at radius 3 is 2.77 bits per heavy atom. The summed E-state index contributed by atoms with van der Waals surface area (Å²) in [4.78, 5) is 27.1. The van der Waals surface area contributed by atoms with Crippen molar-refractivity contribution in [3.8, 4) is 0 Å². The topological polar surface area (TPSA) is 75.4 Å². The third-order valence-electron chi connectivity index (χ3n) is 4.25. The van der Waals surface area contributed by atoms with Crippen molar-refractivity contribution in [2.45, 2.75) is 42.7 Å². The van der Waals surface area contributed by atoms with E-state index in [1.54, 1.807) is 4.90 Å². The molecule has 1 saturated carbocycles. The molecule has 3 rings (SSSR count). The lowest BCUT2D eigenvalue weighted by Gasteiger charge is -2.30. The van der Waals surface area contributed by atoms with E-state index in [9.17, 15) is 9.59 Å². The van der Waals surface area contributed by atoms with Gasteiger partial charge in [-0.1, -0.05) is 12.1 Å². The highest BCUT2D eigenvalue weighted by atomic mass is 32.2. The molecular formula is C16H21N3O2S. The molecule has 1 aliphatic heterocycles. The summed E-state index contributed by atoms with van der Waals surface area (Å²) in [5.41, 5.74) is 6.72.